The predicted octanol–water partition coefficient (Wildman–Crippen LogP) is 2.26. The summed E-state index contributed by atoms with van der Waals surface area (Å²) in [5.74, 6) is 0.255. The Labute approximate surface area is 113 Å². The van der Waals surface area contributed by atoms with Crippen molar-refractivity contribution < 1.29 is 9.53 Å². The van der Waals surface area contributed by atoms with Crippen molar-refractivity contribution in [1.82, 2.24) is 9.97 Å². The largest absolute Gasteiger partial charge is 0.459 e. The van der Waals surface area contributed by atoms with Crippen molar-refractivity contribution in [1.29, 1.82) is 0 Å². The highest BCUT2D eigenvalue weighted by Gasteiger charge is 2.17. The second-order valence-corrected chi connectivity index (χ2v) is 6.01. The van der Waals surface area contributed by atoms with Crippen LogP contribution in [-0.2, 0) is 9.53 Å². The molecule has 7 heteroatoms. The number of carbonyl (C=O) groups excluding carboxylic acids is 1. The van der Waals surface area contributed by atoms with E-state index in [9.17, 15) is 4.79 Å². The molecule has 17 heavy (non-hydrogen) atoms. The third kappa shape index (κ3) is 4.91. The van der Waals surface area contributed by atoms with Crippen molar-refractivity contribution in [3.05, 3.63) is 10.8 Å². The van der Waals surface area contributed by atoms with Crippen molar-refractivity contribution in [2.24, 2.45) is 0 Å². The molecule has 1 heterocycles. The first kappa shape index (κ1) is 14.2. The van der Waals surface area contributed by atoms with Gasteiger partial charge in [-0.2, -0.15) is 0 Å². The monoisotopic (exact) mass is 319 g/mol. The molecule has 0 aromatic carbocycles. The number of hydrogen-bond acceptors (Lipinski definition) is 6. The molecule has 0 fully saturated rings. The fourth-order valence-corrected chi connectivity index (χ4v) is 2.18. The Balaban J connectivity index is 2.56. The highest BCUT2D eigenvalue weighted by molar-refractivity contribution is 9.10. The van der Waals surface area contributed by atoms with Crippen LogP contribution in [0.25, 0.3) is 0 Å². The van der Waals surface area contributed by atoms with Gasteiger partial charge in [-0.1, -0.05) is 11.8 Å². The summed E-state index contributed by atoms with van der Waals surface area (Å²) >= 11 is 4.53. The average Bonchev–Trinajstić information content (AvgIpc) is 2.18. The van der Waals surface area contributed by atoms with Crippen molar-refractivity contribution in [3.8, 4) is 0 Å². The second-order valence-electron chi connectivity index (χ2n) is 4.25. The van der Waals surface area contributed by atoms with Crippen LogP contribution in [0.5, 0.6) is 0 Å². The lowest BCUT2D eigenvalue weighted by Gasteiger charge is -2.19. The molecule has 0 bridgehead atoms. The predicted molar refractivity (Wildman–Crippen MR) is 70.7 cm³/mol. The van der Waals surface area contributed by atoms with E-state index in [1.165, 1.54) is 18.1 Å². The Kier molecular flexibility index (Phi) is 4.76. The molecule has 0 unspecified atom stereocenters. The molecule has 94 valence electrons. The highest BCUT2D eigenvalue weighted by atomic mass is 79.9. The van der Waals surface area contributed by atoms with Gasteiger partial charge in [0.15, 0.2) is 0 Å². The van der Waals surface area contributed by atoms with Gasteiger partial charge < -0.3 is 10.5 Å². The minimum atomic E-state index is -0.473. The van der Waals surface area contributed by atoms with Gasteiger partial charge in [0.05, 0.1) is 10.2 Å². The molecule has 0 spiro atoms. The summed E-state index contributed by atoms with van der Waals surface area (Å²) in [6.45, 7) is 5.48. The summed E-state index contributed by atoms with van der Waals surface area (Å²) in [5, 5.41) is 0.628. The number of esters is 1. The maximum absolute atomic E-state index is 11.5. The van der Waals surface area contributed by atoms with Gasteiger partial charge in [-0.05, 0) is 36.7 Å². The Morgan fingerprint density at radius 3 is 2.76 bits per heavy atom. The minimum absolute atomic E-state index is 0.187. The molecule has 0 aliphatic rings. The fourth-order valence-electron chi connectivity index (χ4n) is 0.965. The van der Waals surface area contributed by atoms with Gasteiger partial charge in [-0.3, -0.25) is 4.79 Å². The van der Waals surface area contributed by atoms with Crippen LogP contribution in [0, 0.1) is 0 Å². The van der Waals surface area contributed by atoms with E-state index in [-0.39, 0.29) is 11.7 Å². The fraction of sp³-hybridized carbons (Fsp3) is 0.500. The number of carbonyl (C=O) groups is 1. The summed E-state index contributed by atoms with van der Waals surface area (Å²) in [6.07, 6.45) is 1.36. The van der Waals surface area contributed by atoms with Crippen LogP contribution in [0.1, 0.15) is 20.8 Å². The molecular weight excluding hydrogens is 306 g/mol. The van der Waals surface area contributed by atoms with E-state index in [2.05, 4.69) is 25.9 Å². The minimum Gasteiger partial charge on any atom is -0.459 e. The van der Waals surface area contributed by atoms with Crippen LogP contribution in [0.4, 0.5) is 5.82 Å². The zero-order chi connectivity index (χ0) is 13.1. The molecule has 0 saturated carbocycles. The number of rotatable bonds is 3. The number of anilines is 1. The molecule has 0 aliphatic heterocycles. The van der Waals surface area contributed by atoms with E-state index >= 15 is 0 Å². The topological polar surface area (TPSA) is 78.1 Å². The molecule has 0 atom stereocenters. The maximum Gasteiger partial charge on any atom is 0.316 e. The summed E-state index contributed by atoms with van der Waals surface area (Å²) in [7, 11) is 0. The number of nitrogens with zero attached hydrogens (tertiary/aromatic N) is 2. The maximum atomic E-state index is 11.5. The van der Waals surface area contributed by atoms with Crippen LogP contribution in [0.3, 0.4) is 0 Å². The van der Waals surface area contributed by atoms with Crippen LogP contribution in [0.2, 0.25) is 0 Å². The molecule has 0 radical (unpaired) electrons. The van der Waals surface area contributed by atoms with Crippen molar-refractivity contribution in [2.75, 3.05) is 11.5 Å². The number of nitrogens with two attached hydrogens (primary N) is 1. The molecule has 0 amide bonds. The number of nitrogen functional groups attached to an aromatic ring is 1. The van der Waals surface area contributed by atoms with E-state index in [0.29, 0.717) is 15.3 Å². The number of halogens is 1. The van der Waals surface area contributed by atoms with E-state index < -0.39 is 5.60 Å². The SMILES string of the molecule is CC(C)(C)OC(=O)CSc1ncnc(N)c1Br. The summed E-state index contributed by atoms with van der Waals surface area (Å²) in [6, 6.07) is 0. The molecule has 1 aromatic heterocycles. The van der Waals surface area contributed by atoms with Gasteiger partial charge in [-0.25, -0.2) is 9.97 Å². The molecule has 1 aromatic rings. The van der Waals surface area contributed by atoms with E-state index in [1.54, 1.807) is 0 Å². The highest BCUT2D eigenvalue weighted by Crippen LogP contribution is 2.28. The van der Waals surface area contributed by atoms with Crippen LogP contribution in [0.15, 0.2) is 15.8 Å². The zero-order valence-corrected chi connectivity index (χ0v) is 12.3. The lowest BCUT2D eigenvalue weighted by atomic mass is 10.2. The smallest absolute Gasteiger partial charge is 0.316 e. The molecular formula is C10H14BrN3O2S. The van der Waals surface area contributed by atoms with Crippen LogP contribution >= 0.6 is 27.7 Å². The summed E-state index contributed by atoms with van der Waals surface area (Å²) < 4.78 is 5.78. The lowest BCUT2D eigenvalue weighted by Crippen LogP contribution is -2.24. The summed E-state index contributed by atoms with van der Waals surface area (Å²) in [4.78, 5) is 19.3. The first-order chi connectivity index (χ1) is 7.79. The average molecular weight is 320 g/mol. The first-order valence-electron chi connectivity index (χ1n) is 4.90. The van der Waals surface area contributed by atoms with Gasteiger partial charge in [0.1, 0.15) is 22.8 Å². The second kappa shape index (κ2) is 5.68. The summed E-state index contributed by atoms with van der Waals surface area (Å²) in [5.41, 5.74) is 5.13. The quantitative estimate of drug-likeness (QED) is 0.523. The Morgan fingerprint density at radius 2 is 2.18 bits per heavy atom. The number of thioether (sulfide) groups is 1. The van der Waals surface area contributed by atoms with E-state index in [4.69, 9.17) is 10.5 Å². The number of aromatic nitrogens is 2. The third-order valence-electron chi connectivity index (χ3n) is 1.53. The van der Waals surface area contributed by atoms with Crippen LogP contribution < -0.4 is 5.73 Å². The Hall–Kier alpha value is -0.820. The van der Waals surface area contributed by atoms with E-state index in [0.717, 1.165) is 0 Å². The molecule has 0 aliphatic carbocycles. The van der Waals surface area contributed by atoms with Crippen molar-refractivity contribution >= 4 is 39.5 Å². The number of ether oxygens (including phenoxy) is 1. The van der Waals surface area contributed by atoms with Crippen molar-refractivity contribution in [2.45, 2.75) is 31.4 Å². The van der Waals surface area contributed by atoms with Crippen molar-refractivity contribution in [3.63, 3.8) is 0 Å². The molecule has 0 saturated heterocycles. The van der Waals surface area contributed by atoms with Gasteiger partial charge in [-0.15, -0.1) is 0 Å². The van der Waals surface area contributed by atoms with Gasteiger partial charge in [0.25, 0.3) is 0 Å². The molecule has 1 rings (SSSR count). The molecule has 5 nitrogen and oxygen atoms in total. The number of hydrogen-bond donors (Lipinski definition) is 1. The van der Waals surface area contributed by atoms with Gasteiger partial charge >= 0.3 is 5.97 Å². The molecule has 2 N–H and O–H groups in total. The normalized spacial score (nSPS) is 11.3. The Morgan fingerprint density at radius 1 is 1.53 bits per heavy atom. The lowest BCUT2D eigenvalue weighted by molar-refractivity contribution is -0.151. The zero-order valence-electron chi connectivity index (χ0n) is 9.86. The van der Waals surface area contributed by atoms with Gasteiger partial charge in [0.2, 0.25) is 0 Å². The van der Waals surface area contributed by atoms with E-state index in [1.807, 2.05) is 20.8 Å². The first-order valence-corrected chi connectivity index (χ1v) is 6.68. The Bertz CT molecular complexity index is 421. The van der Waals surface area contributed by atoms with Gasteiger partial charge in [0, 0.05) is 0 Å². The standard InChI is InChI=1S/C10H14BrN3O2S/c1-10(2,3)16-6(15)4-17-9-7(11)8(12)13-5-14-9/h5H,4H2,1-3H3,(H2,12,13,14). The van der Waals surface area contributed by atoms with Crippen LogP contribution in [-0.4, -0.2) is 27.3 Å². The third-order valence-corrected chi connectivity index (χ3v) is 3.54.